The van der Waals surface area contributed by atoms with Gasteiger partial charge >= 0.3 is 0 Å². The van der Waals surface area contributed by atoms with Gasteiger partial charge in [0.2, 0.25) is 0 Å². The Balaban J connectivity index is 1.92. The summed E-state index contributed by atoms with van der Waals surface area (Å²) in [6.07, 6.45) is 2.62. The number of benzene rings is 1. The van der Waals surface area contributed by atoms with Gasteiger partial charge in [0.15, 0.2) is 0 Å². The molecule has 0 radical (unpaired) electrons. The van der Waals surface area contributed by atoms with Crippen molar-refractivity contribution in [3.8, 4) is 0 Å². The zero-order valence-electron chi connectivity index (χ0n) is 10.4. The van der Waals surface area contributed by atoms with E-state index in [9.17, 15) is 4.79 Å². The number of carbonyl (C=O) groups excluding carboxylic acids is 1. The van der Waals surface area contributed by atoms with Gasteiger partial charge in [-0.05, 0) is 23.6 Å². The first kappa shape index (κ1) is 12.2. The monoisotopic (exact) mass is 243 g/mol. The van der Waals surface area contributed by atoms with Crippen LogP contribution in [0.2, 0.25) is 0 Å². The van der Waals surface area contributed by atoms with Gasteiger partial charge < -0.3 is 16.0 Å². The molecule has 0 aliphatic rings. The van der Waals surface area contributed by atoms with Crippen LogP contribution in [0.1, 0.15) is 28.5 Å². The quantitative estimate of drug-likeness (QED) is 0.769. The first-order valence-corrected chi connectivity index (χ1v) is 5.99. The molecule has 1 aromatic heterocycles. The maximum Gasteiger partial charge on any atom is 0.268 e. The van der Waals surface area contributed by atoms with Crippen LogP contribution >= 0.6 is 0 Å². The molecular weight excluding hydrogens is 226 g/mol. The van der Waals surface area contributed by atoms with E-state index < -0.39 is 0 Å². The summed E-state index contributed by atoms with van der Waals surface area (Å²) in [5.41, 5.74) is 8.97. The highest BCUT2D eigenvalue weighted by atomic mass is 16.1. The molecule has 18 heavy (non-hydrogen) atoms. The van der Waals surface area contributed by atoms with E-state index in [0.717, 1.165) is 12.0 Å². The number of aryl methyl sites for hydroxylation is 1. The number of H-pyrrole nitrogens is 1. The van der Waals surface area contributed by atoms with E-state index >= 15 is 0 Å². The number of carbonyl (C=O) groups is 1. The average Bonchev–Trinajstić information content (AvgIpc) is 2.83. The molecule has 0 spiro atoms. The number of amides is 1. The number of aromatic amines is 1. The van der Waals surface area contributed by atoms with Gasteiger partial charge in [-0.2, -0.15) is 0 Å². The summed E-state index contributed by atoms with van der Waals surface area (Å²) >= 11 is 0. The van der Waals surface area contributed by atoms with Crippen molar-refractivity contribution in [3.63, 3.8) is 0 Å². The highest BCUT2D eigenvalue weighted by Crippen LogP contribution is 2.07. The van der Waals surface area contributed by atoms with Gasteiger partial charge in [0.05, 0.1) is 0 Å². The van der Waals surface area contributed by atoms with Crippen LogP contribution in [0.4, 0.5) is 5.69 Å². The maximum atomic E-state index is 11.8. The summed E-state index contributed by atoms with van der Waals surface area (Å²) in [7, 11) is 0. The van der Waals surface area contributed by atoms with Crippen molar-refractivity contribution in [1.29, 1.82) is 0 Å². The minimum absolute atomic E-state index is 0.147. The number of nitrogen functional groups attached to an aromatic ring is 1. The molecule has 0 saturated carbocycles. The second-order valence-electron chi connectivity index (χ2n) is 4.20. The van der Waals surface area contributed by atoms with Crippen LogP contribution in [0, 0.1) is 0 Å². The molecule has 1 heterocycles. The molecule has 2 aromatic rings. The van der Waals surface area contributed by atoms with Crippen LogP contribution in [0.3, 0.4) is 0 Å². The fourth-order valence-corrected chi connectivity index (χ4v) is 1.71. The third-order valence-corrected chi connectivity index (χ3v) is 2.83. The zero-order chi connectivity index (χ0) is 13.0. The fourth-order valence-electron chi connectivity index (χ4n) is 1.71. The lowest BCUT2D eigenvalue weighted by atomic mass is 10.1. The minimum atomic E-state index is -0.147. The van der Waals surface area contributed by atoms with Crippen LogP contribution in [0.15, 0.2) is 36.5 Å². The molecule has 0 aliphatic carbocycles. The largest absolute Gasteiger partial charge is 0.397 e. The predicted molar refractivity (Wildman–Crippen MR) is 72.2 cm³/mol. The van der Waals surface area contributed by atoms with Gasteiger partial charge in [-0.25, -0.2) is 0 Å². The van der Waals surface area contributed by atoms with E-state index in [1.54, 1.807) is 12.3 Å². The number of nitrogens with two attached hydrogens (primary N) is 1. The third-order valence-electron chi connectivity index (χ3n) is 2.83. The van der Waals surface area contributed by atoms with Crippen molar-refractivity contribution < 1.29 is 4.79 Å². The molecular formula is C14H17N3O. The highest BCUT2D eigenvalue weighted by molar-refractivity contribution is 5.93. The Morgan fingerprint density at radius 2 is 1.94 bits per heavy atom. The van der Waals surface area contributed by atoms with Gasteiger partial charge in [-0.3, -0.25) is 4.79 Å². The van der Waals surface area contributed by atoms with Gasteiger partial charge in [0.1, 0.15) is 5.69 Å². The molecule has 0 aliphatic heterocycles. The molecule has 1 aromatic carbocycles. The van der Waals surface area contributed by atoms with Crippen LogP contribution < -0.4 is 11.1 Å². The summed E-state index contributed by atoms with van der Waals surface area (Å²) in [5, 5.41) is 2.84. The van der Waals surface area contributed by atoms with Crippen molar-refractivity contribution in [1.82, 2.24) is 10.3 Å². The van der Waals surface area contributed by atoms with E-state index in [4.69, 9.17) is 5.73 Å². The number of hydrogen-bond acceptors (Lipinski definition) is 2. The van der Waals surface area contributed by atoms with Crippen molar-refractivity contribution in [3.05, 3.63) is 53.3 Å². The molecule has 4 N–H and O–H groups in total. The number of hydrogen-bond donors (Lipinski definition) is 3. The minimum Gasteiger partial charge on any atom is -0.397 e. The molecule has 0 fully saturated rings. The summed E-state index contributed by atoms with van der Waals surface area (Å²) < 4.78 is 0. The number of nitrogens with one attached hydrogen (secondary N) is 2. The van der Waals surface area contributed by atoms with Crippen LogP contribution in [-0.2, 0) is 13.0 Å². The summed E-state index contributed by atoms with van der Waals surface area (Å²) in [5.74, 6) is -0.147. The van der Waals surface area contributed by atoms with Crippen molar-refractivity contribution in [2.45, 2.75) is 19.9 Å². The third kappa shape index (κ3) is 2.91. The molecule has 0 bridgehead atoms. The summed E-state index contributed by atoms with van der Waals surface area (Å²) in [6.45, 7) is 2.63. The molecule has 94 valence electrons. The van der Waals surface area contributed by atoms with Gasteiger partial charge in [-0.15, -0.1) is 0 Å². The van der Waals surface area contributed by atoms with Gasteiger partial charge in [-0.1, -0.05) is 31.2 Å². The second kappa shape index (κ2) is 5.40. The lowest BCUT2D eigenvalue weighted by Gasteiger charge is -2.05. The topological polar surface area (TPSA) is 70.9 Å². The van der Waals surface area contributed by atoms with Gasteiger partial charge in [0, 0.05) is 18.4 Å². The van der Waals surface area contributed by atoms with Crippen LogP contribution in [-0.4, -0.2) is 10.9 Å². The van der Waals surface area contributed by atoms with Crippen molar-refractivity contribution in [2.75, 3.05) is 5.73 Å². The molecule has 0 unspecified atom stereocenters. The number of rotatable bonds is 4. The Kier molecular flexibility index (Phi) is 3.67. The molecule has 4 heteroatoms. The SMILES string of the molecule is CCc1ccc(CNC(=O)c2cc(N)c[nH]2)cc1. The lowest BCUT2D eigenvalue weighted by Crippen LogP contribution is -2.23. The fraction of sp³-hybridized carbons (Fsp3) is 0.214. The van der Waals surface area contributed by atoms with E-state index in [0.29, 0.717) is 17.9 Å². The van der Waals surface area contributed by atoms with E-state index in [1.807, 2.05) is 12.1 Å². The summed E-state index contributed by atoms with van der Waals surface area (Å²) in [4.78, 5) is 14.6. The summed E-state index contributed by atoms with van der Waals surface area (Å²) in [6, 6.07) is 9.84. The first-order chi connectivity index (χ1) is 8.69. The Labute approximate surface area is 106 Å². The Hall–Kier alpha value is -2.23. The van der Waals surface area contributed by atoms with E-state index in [2.05, 4.69) is 29.4 Å². The molecule has 1 amide bonds. The van der Waals surface area contributed by atoms with E-state index in [1.165, 1.54) is 5.56 Å². The Morgan fingerprint density at radius 1 is 1.28 bits per heavy atom. The smallest absolute Gasteiger partial charge is 0.268 e. The molecule has 4 nitrogen and oxygen atoms in total. The average molecular weight is 243 g/mol. The molecule has 0 saturated heterocycles. The first-order valence-electron chi connectivity index (χ1n) is 5.99. The number of anilines is 1. The normalized spacial score (nSPS) is 10.3. The lowest BCUT2D eigenvalue weighted by molar-refractivity contribution is 0.0946. The van der Waals surface area contributed by atoms with E-state index in [-0.39, 0.29) is 5.91 Å². The second-order valence-corrected chi connectivity index (χ2v) is 4.20. The zero-order valence-corrected chi connectivity index (χ0v) is 10.4. The maximum absolute atomic E-state index is 11.8. The molecule has 0 atom stereocenters. The van der Waals surface area contributed by atoms with Crippen LogP contribution in [0.5, 0.6) is 0 Å². The standard InChI is InChI=1S/C14H17N3O/c1-2-10-3-5-11(6-4-10)8-17-14(18)13-7-12(15)9-16-13/h3-7,9,16H,2,8,15H2,1H3,(H,17,18). The van der Waals surface area contributed by atoms with Gasteiger partial charge in [0.25, 0.3) is 5.91 Å². The van der Waals surface area contributed by atoms with Crippen molar-refractivity contribution in [2.24, 2.45) is 0 Å². The Morgan fingerprint density at radius 3 is 2.50 bits per heavy atom. The molecule has 2 rings (SSSR count). The van der Waals surface area contributed by atoms with Crippen molar-refractivity contribution >= 4 is 11.6 Å². The predicted octanol–water partition coefficient (Wildman–Crippen LogP) is 2.09. The Bertz CT molecular complexity index is 528. The van der Waals surface area contributed by atoms with Crippen LogP contribution in [0.25, 0.3) is 0 Å². The number of aromatic nitrogens is 1. The highest BCUT2D eigenvalue weighted by Gasteiger charge is 2.06.